The third-order valence-corrected chi connectivity index (χ3v) is 11.2. The fourth-order valence-electron chi connectivity index (χ4n) is 8.78. The van der Waals surface area contributed by atoms with E-state index in [0.29, 0.717) is 0 Å². The predicted octanol–water partition coefficient (Wildman–Crippen LogP) is 12.1. The van der Waals surface area contributed by atoms with Crippen molar-refractivity contribution in [3.63, 3.8) is 0 Å². The van der Waals surface area contributed by atoms with Crippen LogP contribution in [0, 0.1) is 27.7 Å². The minimum atomic E-state index is 1.07. The maximum absolute atomic E-state index is 4.47. The molecule has 0 saturated carbocycles. The Balaban J connectivity index is 0.887. The van der Waals surface area contributed by atoms with E-state index in [1.807, 2.05) is 24.8 Å². The summed E-state index contributed by atoms with van der Waals surface area (Å²) in [5.41, 5.74) is 11.0. The molecule has 4 nitrogen and oxygen atoms in total. The number of fused-ring (bicyclic) bond motifs is 8. The summed E-state index contributed by atoms with van der Waals surface area (Å²) in [4.78, 5) is 8.94. The molecule has 0 amide bonds. The molecule has 8 aromatic rings. The fraction of sp³-hybridized carbons (Fsp3) is 0.318. The average molecular weight is 631 g/mol. The highest BCUT2D eigenvalue weighted by atomic mass is 15.0. The molecule has 4 heterocycles. The maximum Gasteiger partial charge on any atom is 0.0530 e. The number of para-hydroxylation sites is 2. The van der Waals surface area contributed by atoms with Gasteiger partial charge in [-0.3, -0.25) is 9.97 Å². The van der Waals surface area contributed by atoms with Crippen molar-refractivity contribution < 1.29 is 0 Å². The molecule has 242 valence electrons. The van der Waals surface area contributed by atoms with Crippen LogP contribution in [0.1, 0.15) is 73.6 Å². The number of benzene rings is 4. The number of rotatable bonds is 11. The van der Waals surface area contributed by atoms with Crippen molar-refractivity contribution in [2.75, 3.05) is 0 Å². The molecule has 0 saturated heterocycles. The zero-order valence-electron chi connectivity index (χ0n) is 28.9. The summed E-state index contributed by atoms with van der Waals surface area (Å²) < 4.78 is 5.19. The lowest BCUT2D eigenvalue weighted by molar-refractivity contribution is 0.536. The first-order chi connectivity index (χ1) is 23.6. The van der Waals surface area contributed by atoms with Crippen LogP contribution in [-0.2, 0) is 13.1 Å². The normalized spacial score (nSPS) is 12.2. The number of hydrogen-bond donors (Lipinski definition) is 0. The first-order valence-electron chi connectivity index (χ1n) is 18.0. The highest BCUT2D eigenvalue weighted by Gasteiger charge is 2.19. The Bertz CT molecular complexity index is 2290. The van der Waals surface area contributed by atoms with Gasteiger partial charge >= 0.3 is 0 Å². The van der Waals surface area contributed by atoms with Gasteiger partial charge in [0.15, 0.2) is 0 Å². The molecule has 0 aliphatic rings. The summed E-state index contributed by atoms with van der Waals surface area (Å²) in [6, 6.07) is 22.3. The zero-order chi connectivity index (χ0) is 32.8. The smallest absolute Gasteiger partial charge is 0.0530 e. The largest absolute Gasteiger partial charge is 0.340 e. The summed E-state index contributed by atoms with van der Waals surface area (Å²) in [5, 5.41) is 10.8. The summed E-state index contributed by atoms with van der Waals surface area (Å²) in [6.07, 6.45) is 18.2. The first-order valence-corrected chi connectivity index (χ1v) is 18.0. The van der Waals surface area contributed by atoms with E-state index in [-0.39, 0.29) is 0 Å². The molecule has 4 aromatic heterocycles. The molecular formula is C44H46N4. The van der Waals surface area contributed by atoms with Crippen LogP contribution in [0.5, 0.6) is 0 Å². The lowest BCUT2D eigenvalue weighted by Crippen LogP contribution is -2.00. The fourth-order valence-corrected chi connectivity index (χ4v) is 8.78. The van der Waals surface area contributed by atoms with E-state index in [0.717, 1.165) is 13.1 Å². The molecule has 0 fully saturated rings. The quantitative estimate of drug-likeness (QED) is 0.133. The molecule has 0 N–H and O–H groups in total. The van der Waals surface area contributed by atoms with Crippen LogP contribution in [0.4, 0.5) is 0 Å². The Kier molecular flexibility index (Phi) is 8.12. The van der Waals surface area contributed by atoms with E-state index in [9.17, 15) is 0 Å². The van der Waals surface area contributed by atoms with Crippen LogP contribution >= 0.6 is 0 Å². The molecule has 0 spiro atoms. The number of pyridine rings is 2. The molecule has 0 radical (unpaired) electrons. The maximum atomic E-state index is 4.47. The molecule has 4 aromatic carbocycles. The molecule has 0 aliphatic carbocycles. The second-order valence-electron chi connectivity index (χ2n) is 14.0. The Morgan fingerprint density at radius 1 is 0.417 bits per heavy atom. The van der Waals surface area contributed by atoms with E-state index in [1.165, 1.54) is 139 Å². The van der Waals surface area contributed by atoms with Crippen molar-refractivity contribution in [2.45, 2.75) is 92.2 Å². The second kappa shape index (κ2) is 12.7. The number of unbranched alkanes of at least 4 members (excludes halogenated alkanes) is 7. The van der Waals surface area contributed by atoms with Gasteiger partial charge in [0, 0.05) is 81.2 Å². The van der Waals surface area contributed by atoms with Crippen molar-refractivity contribution in [1.82, 2.24) is 19.1 Å². The van der Waals surface area contributed by atoms with E-state index < -0.39 is 0 Å². The van der Waals surface area contributed by atoms with Crippen LogP contribution in [0.2, 0.25) is 0 Å². The molecule has 48 heavy (non-hydrogen) atoms. The number of aryl methyl sites for hydroxylation is 6. The molecule has 0 aliphatic heterocycles. The Labute approximate surface area is 283 Å². The second-order valence-corrected chi connectivity index (χ2v) is 14.0. The average Bonchev–Trinajstić information content (AvgIpc) is 3.64. The highest BCUT2D eigenvalue weighted by Crippen LogP contribution is 2.40. The van der Waals surface area contributed by atoms with Crippen LogP contribution in [0.3, 0.4) is 0 Å². The van der Waals surface area contributed by atoms with Crippen molar-refractivity contribution in [1.29, 1.82) is 0 Å². The van der Waals surface area contributed by atoms with E-state index >= 15 is 0 Å². The minimum Gasteiger partial charge on any atom is -0.340 e. The van der Waals surface area contributed by atoms with E-state index in [4.69, 9.17) is 0 Å². The summed E-state index contributed by atoms with van der Waals surface area (Å²) in [6.45, 7) is 11.3. The van der Waals surface area contributed by atoms with Crippen LogP contribution < -0.4 is 0 Å². The van der Waals surface area contributed by atoms with Gasteiger partial charge in [0.2, 0.25) is 0 Å². The zero-order valence-corrected chi connectivity index (χ0v) is 28.9. The van der Waals surface area contributed by atoms with E-state index in [2.05, 4.69) is 107 Å². The standard InChI is InChI=1S/C44H46N4/c1-29-33-21-23-45-27-37(33)31(3)43-41(29)35-17-11-13-19-39(35)47(43)25-15-9-7-5-6-8-10-16-26-48-40-20-14-12-18-36(40)42-30(2)34-22-24-46-28-38(34)32(4)44(42)48/h11-14,17-24,27-28H,5-10,15-16,25-26H2,1-4H3. The van der Waals surface area contributed by atoms with Gasteiger partial charge < -0.3 is 9.13 Å². The van der Waals surface area contributed by atoms with Gasteiger partial charge in [-0.25, -0.2) is 0 Å². The lowest BCUT2D eigenvalue weighted by atomic mass is 9.97. The third kappa shape index (κ3) is 4.96. The van der Waals surface area contributed by atoms with Crippen molar-refractivity contribution in [3.8, 4) is 0 Å². The molecular weight excluding hydrogens is 585 g/mol. The van der Waals surface area contributed by atoms with E-state index in [1.54, 1.807) is 0 Å². The van der Waals surface area contributed by atoms with Crippen molar-refractivity contribution in [3.05, 3.63) is 108 Å². The predicted molar refractivity (Wildman–Crippen MR) is 205 cm³/mol. The molecule has 0 unspecified atom stereocenters. The number of hydrogen-bond acceptors (Lipinski definition) is 2. The SMILES string of the molecule is Cc1c2ccncc2c(C)c2c1c1ccccc1n2CCCCCCCCCCn1c2ccccc2c2c(C)c3ccncc3c(C)c21. The topological polar surface area (TPSA) is 35.6 Å². The van der Waals surface area contributed by atoms with Crippen LogP contribution in [-0.4, -0.2) is 19.1 Å². The minimum absolute atomic E-state index is 1.07. The molecule has 0 bridgehead atoms. The van der Waals surface area contributed by atoms with Gasteiger partial charge in [0.1, 0.15) is 0 Å². The van der Waals surface area contributed by atoms with Crippen molar-refractivity contribution >= 4 is 65.2 Å². The van der Waals surface area contributed by atoms with Crippen LogP contribution in [0.25, 0.3) is 65.2 Å². The molecule has 4 heteroatoms. The Morgan fingerprint density at radius 2 is 0.812 bits per heavy atom. The van der Waals surface area contributed by atoms with Gasteiger partial charge in [-0.15, -0.1) is 0 Å². The highest BCUT2D eigenvalue weighted by molar-refractivity contribution is 6.18. The third-order valence-electron chi connectivity index (χ3n) is 11.2. The first kappa shape index (κ1) is 30.6. The van der Waals surface area contributed by atoms with Crippen LogP contribution in [0.15, 0.2) is 85.5 Å². The van der Waals surface area contributed by atoms with Gasteiger partial charge in [-0.2, -0.15) is 0 Å². The summed E-state index contributed by atoms with van der Waals surface area (Å²) in [5.74, 6) is 0. The lowest BCUT2D eigenvalue weighted by Gasteiger charge is -2.13. The molecule has 0 atom stereocenters. The summed E-state index contributed by atoms with van der Waals surface area (Å²) >= 11 is 0. The summed E-state index contributed by atoms with van der Waals surface area (Å²) in [7, 11) is 0. The monoisotopic (exact) mass is 630 g/mol. The van der Waals surface area contributed by atoms with Crippen molar-refractivity contribution in [2.24, 2.45) is 0 Å². The Hall–Kier alpha value is -4.70. The van der Waals surface area contributed by atoms with Gasteiger partial charge in [-0.05, 0) is 97.8 Å². The van der Waals surface area contributed by atoms with Gasteiger partial charge in [-0.1, -0.05) is 74.9 Å². The molecule has 8 rings (SSSR count). The number of nitrogens with zero attached hydrogens (tertiary/aromatic N) is 4. The Morgan fingerprint density at radius 3 is 1.25 bits per heavy atom. The van der Waals surface area contributed by atoms with Gasteiger partial charge in [0.05, 0.1) is 11.0 Å². The number of aromatic nitrogens is 4. The van der Waals surface area contributed by atoms with Gasteiger partial charge in [0.25, 0.3) is 0 Å².